The second-order valence-corrected chi connectivity index (χ2v) is 15.5. The van der Waals surface area contributed by atoms with Crippen LogP contribution in [0.4, 0.5) is 0 Å². The van der Waals surface area contributed by atoms with Gasteiger partial charge in [-0.25, -0.2) is 0 Å². The van der Waals surface area contributed by atoms with Gasteiger partial charge in [0.1, 0.15) is 0 Å². The number of methoxy groups -OCH3 is 2. The first-order valence-corrected chi connectivity index (χ1v) is 13.6. The maximum Gasteiger partial charge on any atom is 0.268 e. The molecule has 0 radical (unpaired) electrons. The minimum atomic E-state index is -1.72. The van der Waals surface area contributed by atoms with Crippen LogP contribution in [0.2, 0.25) is 39.3 Å². The molecule has 0 fully saturated rings. The van der Waals surface area contributed by atoms with Crippen molar-refractivity contribution >= 4 is 16.6 Å². The smallest absolute Gasteiger partial charge is 0.268 e. The molecule has 0 aromatic heterocycles. The van der Waals surface area contributed by atoms with E-state index < -0.39 is 16.6 Å². The summed E-state index contributed by atoms with van der Waals surface area (Å²) in [5.41, 5.74) is 1.81. The SMILES string of the molecule is COC(O[Si](C)(C)C)=C(C)C(C)=C(OC)O[Si](C)(C)C. The summed E-state index contributed by atoms with van der Waals surface area (Å²) in [7, 11) is -0.194. The van der Waals surface area contributed by atoms with Crippen LogP contribution in [-0.2, 0) is 18.3 Å². The molecule has 0 heterocycles. The zero-order chi connectivity index (χ0) is 16.1. The first-order valence-electron chi connectivity index (χ1n) is 6.79. The van der Waals surface area contributed by atoms with Gasteiger partial charge >= 0.3 is 0 Å². The molecule has 0 amide bonds. The maximum atomic E-state index is 5.96. The molecule has 0 aliphatic rings. The van der Waals surface area contributed by atoms with Crippen molar-refractivity contribution in [2.45, 2.75) is 53.1 Å². The Kier molecular flexibility index (Phi) is 6.90. The maximum absolute atomic E-state index is 5.96. The van der Waals surface area contributed by atoms with Crippen LogP contribution in [0, 0.1) is 0 Å². The summed E-state index contributed by atoms with van der Waals surface area (Å²) >= 11 is 0. The van der Waals surface area contributed by atoms with E-state index in [1.54, 1.807) is 14.2 Å². The van der Waals surface area contributed by atoms with Crippen LogP contribution in [0.25, 0.3) is 0 Å². The highest BCUT2D eigenvalue weighted by atomic mass is 28.4. The summed E-state index contributed by atoms with van der Waals surface area (Å²) in [4.78, 5) is 0. The summed E-state index contributed by atoms with van der Waals surface area (Å²) < 4.78 is 22.7. The van der Waals surface area contributed by atoms with E-state index in [-0.39, 0.29) is 0 Å². The van der Waals surface area contributed by atoms with Crippen LogP contribution in [0.3, 0.4) is 0 Å². The molecular weight excluding hydrogens is 288 g/mol. The van der Waals surface area contributed by atoms with Crippen molar-refractivity contribution in [3.8, 4) is 0 Å². The first-order chi connectivity index (χ1) is 8.91. The second-order valence-electron chi connectivity index (χ2n) is 6.66. The third-order valence-corrected chi connectivity index (χ3v) is 3.94. The molecule has 118 valence electrons. The molecule has 6 heteroatoms. The lowest BCUT2D eigenvalue weighted by atomic mass is 10.1. The number of ether oxygens (including phenoxy) is 2. The molecule has 0 N–H and O–H groups in total. The molecule has 0 atom stereocenters. The number of hydrogen-bond donors (Lipinski definition) is 0. The zero-order valence-electron chi connectivity index (χ0n) is 14.6. The lowest BCUT2D eigenvalue weighted by Crippen LogP contribution is -2.27. The fraction of sp³-hybridized carbons (Fsp3) is 0.714. The van der Waals surface area contributed by atoms with Gasteiger partial charge in [-0.3, -0.25) is 0 Å². The van der Waals surface area contributed by atoms with E-state index in [0.29, 0.717) is 11.9 Å². The average Bonchev–Trinajstić information content (AvgIpc) is 2.28. The van der Waals surface area contributed by atoms with E-state index in [1.807, 2.05) is 13.8 Å². The Morgan fingerprint density at radius 1 is 0.600 bits per heavy atom. The Hall–Kier alpha value is -0.886. The van der Waals surface area contributed by atoms with Gasteiger partial charge in [-0.15, -0.1) is 0 Å². The predicted molar refractivity (Wildman–Crippen MR) is 88.3 cm³/mol. The molecule has 4 nitrogen and oxygen atoms in total. The van der Waals surface area contributed by atoms with Crippen LogP contribution in [0.1, 0.15) is 13.8 Å². The Labute approximate surface area is 126 Å². The quantitative estimate of drug-likeness (QED) is 0.395. The van der Waals surface area contributed by atoms with Crippen LogP contribution in [0.15, 0.2) is 23.0 Å². The Bertz CT molecular complexity index is 349. The minimum absolute atomic E-state index is 0.551. The molecule has 0 unspecified atom stereocenters. The summed E-state index contributed by atoms with van der Waals surface area (Å²) in [5, 5.41) is 0. The van der Waals surface area contributed by atoms with Gasteiger partial charge in [-0.2, -0.15) is 0 Å². The van der Waals surface area contributed by atoms with Crippen molar-refractivity contribution in [3.05, 3.63) is 23.0 Å². The molecule has 0 saturated heterocycles. The van der Waals surface area contributed by atoms with Crippen molar-refractivity contribution in [2.75, 3.05) is 14.2 Å². The van der Waals surface area contributed by atoms with Gasteiger partial charge in [0.05, 0.1) is 14.2 Å². The molecule has 0 rings (SSSR count). The van der Waals surface area contributed by atoms with Gasteiger partial charge in [0.2, 0.25) is 16.6 Å². The fourth-order valence-electron chi connectivity index (χ4n) is 1.40. The standard InChI is InChI=1S/C14H30O4Si2/c1-11(13(15-3)17-19(5,6)7)12(2)14(16-4)18-20(8,9)10/h1-10H3. The van der Waals surface area contributed by atoms with Crippen molar-refractivity contribution in [3.63, 3.8) is 0 Å². The van der Waals surface area contributed by atoms with Crippen LogP contribution in [-0.4, -0.2) is 30.9 Å². The van der Waals surface area contributed by atoms with Crippen molar-refractivity contribution in [1.82, 2.24) is 0 Å². The second kappa shape index (κ2) is 7.22. The molecule has 0 aromatic rings. The van der Waals surface area contributed by atoms with Crippen molar-refractivity contribution < 1.29 is 18.3 Å². The highest BCUT2D eigenvalue weighted by molar-refractivity contribution is 6.70. The molecule has 0 spiro atoms. The summed E-state index contributed by atoms with van der Waals surface area (Å²) in [6.07, 6.45) is 0. The number of hydrogen-bond acceptors (Lipinski definition) is 4. The lowest BCUT2D eigenvalue weighted by molar-refractivity contribution is 0.133. The topological polar surface area (TPSA) is 36.9 Å². The Morgan fingerprint density at radius 2 is 0.850 bits per heavy atom. The van der Waals surface area contributed by atoms with Gasteiger partial charge in [-0.05, 0) is 53.1 Å². The zero-order valence-corrected chi connectivity index (χ0v) is 16.6. The Balaban J connectivity index is 5.52. The molecule has 0 aromatic carbocycles. The molecule has 0 aliphatic heterocycles. The molecule has 0 saturated carbocycles. The predicted octanol–water partition coefficient (Wildman–Crippen LogP) is 4.45. The number of rotatable bonds is 7. The lowest BCUT2D eigenvalue weighted by Gasteiger charge is -2.25. The third-order valence-electron chi connectivity index (χ3n) is 2.34. The fourth-order valence-corrected chi connectivity index (χ4v) is 2.99. The Morgan fingerprint density at radius 3 is 1.00 bits per heavy atom. The van der Waals surface area contributed by atoms with Gasteiger partial charge in [0.25, 0.3) is 11.9 Å². The highest BCUT2D eigenvalue weighted by Crippen LogP contribution is 2.24. The summed E-state index contributed by atoms with van der Waals surface area (Å²) in [6.45, 7) is 16.6. The average molecular weight is 319 g/mol. The van der Waals surface area contributed by atoms with Crippen LogP contribution in [0.5, 0.6) is 0 Å². The molecule has 0 bridgehead atoms. The minimum Gasteiger partial charge on any atom is -0.520 e. The van der Waals surface area contributed by atoms with Gasteiger partial charge in [0, 0.05) is 11.1 Å². The van der Waals surface area contributed by atoms with E-state index in [4.69, 9.17) is 18.3 Å². The monoisotopic (exact) mass is 318 g/mol. The van der Waals surface area contributed by atoms with E-state index in [1.165, 1.54) is 0 Å². The van der Waals surface area contributed by atoms with Gasteiger partial charge in [-0.1, -0.05) is 0 Å². The van der Waals surface area contributed by atoms with Crippen molar-refractivity contribution in [2.24, 2.45) is 0 Å². The third kappa shape index (κ3) is 7.05. The molecule has 0 aliphatic carbocycles. The van der Waals surface area contributed by atoms with E-state index >= 15 is 0 Å². The highest BCUT2D eigenvalue weighted by Gasteiger charge is 2.24. The number of allylic oxidation sites excluding steroid dienone is 2. The molecule has 20 heavy (non-hydrogen) atoms. The normalized spacial score (nSPS) is 15.1. The van der Waals surface area contributed by atoms with Gasteiger partial charge < -0.3 is 18.3 Å². The van der Waals surface area contributed by atoms with Crippen LogP contribution < -0.4 is 0 Å². The van der Waals surface area contributed by atoms with Crippen molar-refractivity contribution in [1.29, 1.82) is 0 Å². The summed E-state index contributed by atoms with van der Waals surface area (Å²) in [5.74, 6) is 1.10. The van der Waals surface area contributed by atoms with E-state index in [9.17, 15) is 0 Å². The molecular formula is C14H30O4Si2. The first kappa shape index (κ1) is 19.1. The van der Waals surface area contributed by atoms with Gasteiger partial charge in [0.15, 0.2) is 0 Å². The van der Waals surface area contributed by atoms with Crippen LogP contribution >= 0.6 is 0 Å². The summed E-state index contributed by atoms with van der Waals surface area (Å²) in [6, 6.07) is 0. The van der Waals surface area contributed by atoms with E-state index in [0.717, 1.165) is 11.1 Å². The largest absolute Gasteiger partial charge is 0.520 e. The van der Waals surface area contributed by atoms with E-state index in [2.05, 4.69) is 39.3 Å².